The number of rotatable bonds is 4. The van der Waals surface area contributed by atoms with Crippen molar-refractivity contribution in [2.45, 2.75) is 51.6 Å². The lowest BCUT2D eigenvalue weighted by atomic mass is 9.84. The van der Waals surface area contributed by atoms with Crippen LogP contribution in [0.2, 0.25) is 0 Å². The van der Waals surface area contributed by atoms with E-state index in [2.05, 4.69) is 12.2 Å². The highest BCUT2D eigenvalue weighted by Crippen LogP contribution is 2.26. The first-order valence-electron chi connectivity index (χ1n) is 7.34. The lowest BCUT2D eigenvalue weighted by Gasteiger charge is -2.34. The van der Waals surface area contributed by atoms with Crippen LogP contribution < -0.4 is 11.1 Å². The van der Waals surface area contributed by atoms with Crippen molar-refractivity contribution < 1.29 is 4.39 Å². The van der Waals surface area contributed by atoms with Gasteiger partial charge in [0.2, 0.25) is 0 Å². The van der Waals surface area contributed by atoms with E-state index in [1.165, 1.54) is 25.7 Å². The van der Waals surface area contributed by atoms with Crippen LogP contribution in [0.5, 0.6) is 0 Å². The van der Waals surface area contributed by atoms with Gasteiger partial charge in [0.15, 0.2) is 0 Å². The second kappa shape index (κ2) is 6.49. The summed E-state index contributed by atoms with van der Waals surface area (Å²) in [7, 11) is 0. The maximum absolute atomic E-state index is 13.6. The van der Waals surface area contributed by atoms with Crippen LogP contribution >= 0.6 is 0 Å². The van der Waals surface area contributed by atoms with E-state index in [-0.39, 0.29) is 11.9 Å². The number of hydrogen-bond donors (Lipinski definition) is 2. The largest absolute Gasteiger partial charge is 0.330 e. The molecule has 3 unspecified atom stereocenters. The summed E-state index contributed by atoms with van der Waals surface area (Å²) in [5, 5.41) is 3.64. The molecule has 0 spiro atoms. The normalized spacial score (nSPS) is 25.3. The number of hydrogen-bond acceptors (Lipinski definition) is 2. The van der Waals surface area contributed by atoms with Crippen LogP contribution in [0.25, 0.3) is 0 Å². The minimum Gasteiger partial charge on any atom is -0.330 e. The highest BCUT2D eigenvalue weighted by Gasteiger charge is 2.25. The van der Waals surface area contributed by atoms with Crippen molar-refractivity contribution in [3.05, 3.63) is 35.1 Å². The molecule has 3 atom stereocenters. The molecule has 0 heterocycles. The number of nitrogens with two attached hydrogens (primary N) is 1. The van der Waals surface area contributed by atoms with E-state index in [1.54, 1.807) is 13.0 Å². The Kier molecular flexibility index (Phi) is 4.94. The summed E-state index contributed by atoms with van der Waals surface area (Å²) in [6.07, 6.45) is 4.94. The third-order valence-corrected chi connectivity index (χ3v) is 4.37. The maximum atomic E-state index is 13.6. The smallest absolute Gasteiger partial charge is 0.126 e. The molecule has 1 aromatic carbocycles. The number of benzene rings is 1. The van der Waals surface area contributed by atoms with Crippen molar-refractivity contribution in [2.24, 2.45) is 11.7 Å². The first kappa shape index (κ1) is 14.5. The summed E-state index contributed by atoms with van der Waals surface area (Å²) in [6.45, 7) is 4.64. The zero-order valence-electron chi connectivity index (χ0n) is 12.0. The molecule has 1 saturated carbocycles. The molecule has 106 valence electrons. The number of nitrogens with one attached hydrogen (secondary N) is 1. The lowest BCUT2D eigenvalue weighted by molar-refractivity contribution is 0.252. The van der Waals surface area contributed by atoms with Gasteiger partial charge in [-0.25, -0.2) is 4.39 Å². The van der Waals surface area contributed by atoms with Crippen LogP contribution in [-0.2, 0) is 0 Å². The van der Waals surface area contributed by atoms with Crippen molar-refractivity contribution in [3.8, 4) is 0 Å². The standard InChI is InChI=1S/C16H25FN2/c1-11-7-8-13(9-15(11)17)12(2)19-16-6-4-3-5-14(16)10-18/h7-9,12,14,16,19H,3-6,10,18H2,1-2H3. The number of aryl methyl sites for hydroxylation is 1. The zero-order valence-corrected chi connectivity index (χ0v) is 12.0. The molecule has 0 aromatic heterocycles. The third-order valence-electron chi connectivity index (χ3n) is 4.37. The Morgan fingerprint density at radius 2 is 2.11 bits per heavy atom. The van der Waals surface area contributed by atoms with E-state index in [1.807, 2.05) is 12.1 Å². The molecule has 1 aliphatic rings. The molecule has 0 bridgehead atoms. The first-order valence-corrected chi connectivity index (χ1v) is 7.34. The fourth-order valence-corrected chi connectivity index (χ4v) is 3.00. The topological polar surface area (TPSA) is 38.0 Å². The molecule has 2 rings (SSSR count). The maximum Gasteiger partial charge on any atom is 0.126 e. The van der Waals surface area contributed by atoms with Gasteiger partial charge in [0.05, 0.1) is 0 Å². The molecule has 3 N–H and O–H groups in total. The Morgan fingerprint density at radius 3 is 2.79 bits per heavy atom. The molecule has 1 fully saturated rings. The van der Waals surface area contributed by atoms with Gasteiger partial charge >= 0.3 is 0 Å². The minimum atomic E-state index is -0.120. The van der Waals surface area contributed by atoms with Gasteiger partial charge in [-0.2, -0.15) is 0 Å². The molecule has 0 radical (unpaired) electrons. The molecule has 1 aromatic rings. The Bertz CT molecular complexity index is 419. The predicted octanol–water partition coefficient (Wildman–Crippen LogP) is 3.30. The quantitative estimate of drug-likeness (QED) is 0.875. The van der Waals surface area contributed by atoms with Gasteiger partial charge in [-0.1, -0.05) is 25.0 Å². The second-order valence-corrected chi connectivity index (χ2v) is 5.78. The summed E-state index contributed by atoms with van der Waals surface area (Å²) in [6, 6.07) is 6.15. The fourth-order valence-electron chi connectivity index (χ4n) is 3.00. The zero-order chi connectivity index (χ0) is 13.8. The first-order chi connectivity index (χ1) is 9.11. The van der Waals surface area contributed by atoms with E-state index in [9.17, 15) is 4.39 Å². The van der Waals surface area contributed by atoms with Crippen molar-refractivity contribution >= 4 is 0 Å². The Labute approximate surface area is 115 Å². The van der Waals surface area contributed by atoms with E-state index >= 15 is 0 Å². The molecule has 19 heavy (non-hydrogen) atoms. The molecular formula is C16H25FN2. The van der Waals surface area contributed by atoms with Crippen molar-refractivity contribution in [1.82, 2.24) is 5.32 Å². The van der Waals surface area contributed by atoms with Crippen LogP contribution in [0.3, 0.4) is 0 Å². The number of halogens is 1. The monoisotopic (exact) mass is 264 g/mol. The molecule has 3 heteroatoms. The van der Waals surface area contributed by atoms with Gasteiger partial charge in [0.1, 0.15) is 5.82 Å². The summed E-state index contributed by atoms with van der Waals surface area (Å²) in [4.78, 5) is 0. The van der Waals surface area contributed by atoms with Crippen molar-refractivity contribution in [2.75, 3.05) is 6.54 Å². The van der Waals surface area contributed by atoms with Crippen LogP contribution in [0.4, 0.5) is 4.39 Å². The van der Waals surface area contributed by atoms with E-state index < -0.39 is 0 Å². The van der Waals surface area contributed by atoms with Crippen molar-refractivity contribution in [1.29, 1.82) is 0 Å². The average Bonchev–Trinajstić information content (AvgIpc) is 2.42. The molecule has 2 nitrogen and oxygen atoms in total. The van der Waals surface area contributed by atoms with Gasteiger partial charge in [-0.3, -0.25) is 0 Å². The summed E-state index contributed by atoms with van der Waals surface area (Å²) in [5.74, 6) is 0.441. The molecule has 1 aliphatic carbocycles. The van der Waals surface area contributed by atoms with Gasteiger partial charge in [-0.15, -0.1) is 0 Å². The van der Waals surface area contributed by atoms with E-state index in [0.29, 0.717) is 17.5 Å². The Morgan fingerprint density at radius 1 is 1.37 bits per heavy atom. The Hall–Kier alpha value is -0.930. The fraction of sp³-hybridized carbons (Fsp3) is 0.625. The van der Waals surface area contributed by atoms with E-state index in [4.69, 9.17) is 5.73 Å². The highest BCUT2D eigenvalue weighted by molar-refractivity contribution is 5.25. The van der Waals surface area contributed by atoms with Gasteiger partial charge in [-0.05, 0) is 56.3 Å². The van der Waals surface area contributed by atoms with Gasteiger partial charge in [0.25, 0.3) is 0 Å². The van der Waals surface area contributed by atoms with Crippen molar-refractivity contribution in [3.63, 3.8) is 0 Å². The molecule has 0 saturated heterocycles. The minimum absolute atomic E-state index is 0.120. The summed E-state index contributed by atoms with van der Waals surface area (Å²) >= 11 is 0. The van der Waals surface area contributed by atoms with Gasteiger partial charge in [0, 0.05) is 12.1 Å². The van der Waals surface area contributed by atoms with Crippen LogP contribution in [0.15, 0.2) is 18.2 Å². The van der Waals surface area contributed by atoms with Gasteiger partial charge < -0.3 is 11.1 Å². The molecule has 0 amide bonds. The third kappa shape index (κ3) is 3.54. The average molecular weight is 264 g/mol. The SMILES string of the molecule is Cc1ccc(C(C)NC2CCCCC2CN)cc1F. The molecular weight excluding hydrogens is 239 g/mol. The molecule has 0 aliphatic heterocycles. The highest BCUT2D eigenvalue weighted by atomic mass is 19.1. The second-order valence-electron chi connectivity index (χ2n) is 5.78. The lowest BCUT2D eigenvalue weighted by Crippen LogP contribution is -2.42. The Balaban J connectivity index is 2.02. The predicted molar refractivity (Wildman–Crippen MR) is 77.5 cm³/mol. The van der Waals surface area contributed by atoms with E-state index in [0.717, 1.165) is 12.1 Å². The van der Waals surface area contributed by atoms with Crippen LogP contribution in [0.1, 0.15) is 49.8 Å². The summed E-state index contributed by atoms with van der Waals surface area (Å²) < 4.78 is 13.6. The summed E-state index contributed by atoms with van der Waals surface area (Å²) in [5.41, 5.74) is 7.57. The van der Waals surface area contributed by atoms with Crippen LogP contribution in [-0.4, -0.2) is 12.6 Å². The van der Waals surface area contributed by atoms with Crippen LogP contribution in [0, 0.1) is 18.7 Å².